The maximum Gasteiger partial charge on any atom is 0.360 e. The van der Waals surface area contributed by atoms with Crippen molar-refractivity contribution in [3.63, 3.8) is 0 Å². The summed E-state index contributed by atoms with van der Waals surface area (Å²) in [4.78, 5) is 37.1. The molecule has 0 spiro atoms. The SMILES string of the molecule is O=C(O)C(=NOC(C(=O)OC(c1ccccc1)c1ccccc1)c1ccsc1)c1csc(NC(c2ccccc2)(c2ccccc2)c2ccccc2)n1. The second kappa shape index (κ2) is 16.3. The van der Waals surface area contributed by atoms with Crippen molar-refractivity contribution in [2.45, 2.75) is 17.7 Å². The van der Waals surface area contributed by atoms with Crippen LogP contribution in [0.2, 0.25) is 0 Å². The number of hydrogen-bond acceptors (Lipinski definition) is 9. The first-order chi connectivity index (χ1) is 26.0. The highest BCUT2D eigenvalue weighted by atomic mass is 32.1. The molecule has 0 aliphatic heterocycles. The second-order valence-electron chi connectivity index (χ2n) is 11.9. The zero-order chi connectivity index (χ0) is 36.5. The summed E-state index contributed by atoms with van der Waals surface area (Å²) in [6.45, 7) is 0. The lowest BCUT2D eigenvalue weighted by molar-refractivity contribution is -0.162. The first-order valence-corrected chi connectivity index (χ1v) is 18.6. The smallest absolute Gasteiger partial charge is 0.360 e. The topological polar surface area (TPSA) is 110 Å². The van der Waals surface area contributed by atoms with E-state index in [-0.39, 0.29) is 5.69 Å². The van der Waals surface area contributed by atoms with Crippen LogP contribution in [0.4, 0.5) is 5.13 Å². The Morgan fingerprint density at radius 3 is 1.60 bits per heavy atom. The number of benzene rings is 5. The van der Waals surface area contributed by atoms with Gasteiger partial charge >= 0.3 is 11.9 Å². The molecule has 2 N–H and O–H groups in total. The molecule has 2 heterocycles. The van der Waals surface area contributed by atoms with E-state index in [9.17, 15) is 14.7 Å². The van der Waals surface area contributed by atoms with Gasteiger partial charge in [0.25, 0.3) is 0 Å². The number of nitrogens with zero attached hydrogens (tertiary/aromatic N) is 2. The van der Waals surface area contributed by atoms with Gasteiger partial charge in [-0.25, -0.2) is 14.6 Å². The number of rotatable bonds is 14. The fourth-order valence-electron chi connectivity index (χ4n) is 6.11. The minimum absolute atomic E-state index is 0.0666. The van der Waals surface area contributed by atoms with Crippen LogP contribution in [0.25, 0.3) is 0 Å². The summed E-state index contributed by atoms with van der Waals surface area (Å²) in [6.07, 6.45) is -2.08. The van der Waals surface area contributed by atoms with Gasteiger partial charge in [0.1, 0.15) is 11.2 Å². The van der Waals surface area contributed by atoms with Crippen molar-refractivity contribution in [1.82, 2.24) is 4.98 Å². The van der Waals surface area contributed by atoms with Gasteiger partial charge in [-0.15, -0.1) is 11.3 Å². The Morgan fingerprint density at radius 1 is 0.660 bits per heavy atom. The Hall–Kier alpha value is -6.36. The van der Waals surface area contributed by atoms with Crippen molar-refractivity contribution < 1.29 is 24.3 Å². The van der Waals surface area contributed by atoms with Gasteiger partial charge in [-0.05, 0) is 44.6 Å². The highest BCUT2D eigenvalue weighted by Gasteiger charge is 2.37. The van der Waals surface area contributed by atoms with Crippen LogP contribution in [0, 0.1) is 0 Å². The van der Waals surface area contributed by atoms with Gasteiger partial charge in [0, 0.05) is 10.9 Å². The molecule has 1 unspecified atom stereocenters. The molecule has 0 fully saturated rings. The molecule has 2 aromatic heterocycles. The number of esters is 1. The van der Waals surface area contributed by atoms with E-state index in [0.717, 1.165) is 27.8 Å². The Bertz CT molecular complexity index is 2130. The van der Waals surface area contributed by atoms with Gasteiger partial charge in [0.05, 0.1) is 0 Å². The minimum Gasteiger partial charge on any atom is -0.476 e. The lowest BCUT2D eigenvalue weighted by Crippen LogP contribution is -2.38. The molecule has 0 aliphatic rings. The van der Waals surface area contributed by atoms with E-state index in [1.165, 1.54) is 22.7 Å². The lowest BCUT2D eigenvalue weighted by Gasteiger charge is -2.36. The number of anilines is 1. The predicted octanol–water partition coefficient (Wildman–Crippen LogP) is 9.49. The molecular weight excluding hydrogens is 703 g/mol. The quantitative estimate of drug-likeness (QED) is 0.0496. The lowest BCUT2D eigenvalue weighted by atomic mass is 9.77. The van der Waals surface area contributed by atoms with Crippen molar-refractivity contribution in [3.8, 4) is 0 Å². The summed E-state index contributed by atoms with van der Waals surface area (Å²) in [5, 5.41) is 23.6. The molecule has 0 aliphatic carbocycles. The van der Waals surface area contributed by atoms with Crippen LogP contribution in [0.3, 0.4) is 0 Å². The molecule has 0 saturated heterocycles. The third-order valence-corrected chi connectivity index (χ3v) is 10.1. The number of carbonyl (C=O) groups excluding carboxylic acids is 1. The maximum atomic E-state index is 13.9. The maximum absolute atomic E-state index is 13.9. The molecular formula is C43H33N3O5S2. The number of aliphatic carboxylic acids is 1. The largest absolute Gasteiger partial charge is 0.476 e. The molecule has 0 bridgehead atoms. The average molecular weight is 736 g/mol. The van der Waals surface area contributed by atoms with Crippen molar-refractivity contribution in [3.05, 3.63) is 213 Å². The van der Waals surface area contributed by atoms with E-state index in [1.807, 2.05) is 152 Å². The number of carboxylic acid groups (broad SMARTS) is 1. The standard InChI is InChI=1S/C43H33N3O5S2/c47-40(48)37(46-51-39(32-26-27-52-28-32)41(49)50-38(30-16-6-1-7-17-30)31-18-8-2-9-19-31)36-29-53-42(44-36)45-43(33-20-10-3-11-21-33,34-22-12-4-13-23-34)35-24-14-5-15-25-35/h1-29,38-39H,(H,44,45)(H,47,48). The van der Waals surface area contributed by atoms with Crippen molar-refractivity contribution in [1.29, 1.82) is 0 Å². The van der Waals surface area contributed by atoms with Gasteiger partial charge in [0.15, 0.2) is 11.2 Å². The van der Waals surface area contributed by atoms with Crippen LogP contribution < -0.4 is 5.32 Å². The normalized spacial score (nSPS) is 12.2. The van der Waals surface area contributed by atoms with Crippen LogP contribution >= 0.6 is 22.7 Å². The number of thiophene rings is 1. The zero-order valence-corrected chi connectivity index (χ0v) is 29.8. The van der Waals surface area contributed by atoms with Crippen LogP contribution in [-0.2, 0) is 24.7 Å². The minimum atomic E-state index is -1.37. The Morgan fingerprint density at radius 2 is 1.15 bits per heavy atom. The van der Waals surface area contributed by atoms with E-state index in [4.69, 9.17) is 14.6 Å². The van der Waals surface area contributed by atoms with E-state index in [1.54, 1.807) is 22.2 Å². The van der Waals surface area contributed by atoms with Crippen molar-refractivity contribution in [2.75, 3.05) is 5.32 Å². The van der Waals surface area contributed by atoms with Gasteiger partial charge in [-0.2, -0.15) is 11.3 Å². The third-order valence-electron chi connectivity index (χ3n) is 8.61. The summed E-state index contributed by atoms with van der Waals surface area (Å²) in [5.41, 5.74) is 3.64. The summed E-state index contributed by atoms with van der Waals surface area (Å²) in [7, 11) is 0. The fourth-order valence-corrected chi connectivity index (χ4v) is 7.53. The van der Waals surface area contributed by atoms with Gasteiger partial charge in [-0.1, -0.05) is 157 Å². The number of carboxylic acids is 1. The summed E-state index contributed by atoms with van der Waals surface area (Å²) in [6, 6.07) is 50.5. The Balaban J connectivity index is 1.21. The van der Waals surface area contributed by atoms with Crippen LogP contribution in [0.15, 0.2) is 179 Å². The number of hydrogen-bond donors (Lipinski definition) is 2. The first kappa shape index (κ1) is 35.1. The predicted molar refractivity (Wildman–Crippen MR) is 208 cm³/mol. The number of ether oxygens (including phenoxy) is 1. The highest BCUT2D eigenvalue weighted by Crippen LogP contribution is 2.41. The molecule has 0 radical (unpaired) electrons. The summed E-state index contributed by atoms with van der Waals surface area (Å²) in [5.74, 6) is -2.10. The Labute approximate surface area is 314 Å². The molecule has 1 atom stereocenters. The van der Waals surface area contributed by atoms with Crippen LogP contribution in [0.1, 0.15) is 51.3 Å². The third kappa shape index (κ3) is 7.79. The molecule has 8 nitrogen and oxygen atoms in total. The number of carbonyl (C=O) groups is 2. The molecule has 7 aromatic rings. The van der Waals surface area contributed by atoms with E-state index in [0.29, 0.717) is 10.7 Å². The van der Waals surface area contributed by atoms with Gasteiger partial charge in [-0.3, -0.25) is 0 Å². The molecule has 7 rings (SSSR count). The molecule has 10 heteroatoms. The van der Waals surface area contributed by atoms with Gasteiger partial charge < -0.3 is 20.0 Å². The monoisotopic (exact) mass is 735 g/mol. The number of oxime groups is 1. The van der Waals surface area contributed by atoms with Gasteiger partial charge in [0.2, 0.25) is 11.8 Å². The highest BCUT2D eigenvalue weighted by molar-refractivity contribution is 7.14. The Kier molecular flexibility index (Phi) is 10.8. The molecule has 0 amide bonds. The number of thiazole rings is 1. The molecule has 0 saturated carbocycles. The molecule has 262 valence electrons. The van der Waals surface area contributed by atoms with Crippen molar-refractivity contribution in [2.24, 2.45) is 5.16 Å². The van der Waals surface area contributed by atoms with E-state index >= 15 is 0 Å². The van der Waals surface area contributed by atoms with E-state index in [2.05, 4.69) is 10.5 Å². The van der Waals surface area contributed by atoms with Crippen LogP contribution in [-0.4, -0.2) is 27.7 Å². The number of nitrogens with one attached hydrogen (secondary N) is 1. The zero-order valence-electron chi connectivity index (χ0n) is 28.2. The summed E-state index contributed by atoms with van der Waals surface area (Å²) >= 11 is 2.60. The molecule has 5 aromatic carbocycles. The molecule has 53 heavy (non-hydrogen) atoms. The second-order valence-corrected chi connectivity index (χ2v) is 13.6. The van der Waals surface area contributed by atoms with E-state index < -0.39 is 35.4 Å². The average Bonchev–Trinajstić information content (AvgIpc) is 3.92. The van der Waals surface area contributed by atoms with Crippen molar-refractivity contribution >= 4 is 45.5 Å². The fraction of sp³-hybridized carbons (Fsp3) is 0.0698. The first-order valence-electron chi connectivity index (χ1n) is 16.7. The number of aromatic nitrogens is 1. The summed E-state index contributed by atoms with van der Waals surface area (Å²) < 4.78 is 6.09. The van der Waals surface area contributed by atoms with Crippen LogP contribution in [0.5, 0.6) is 0 Å².